The van der Waals surface area contributed by atoms with Gasteiger partial charge in [0.25, 0.3) is 0 Å². The Morgan fingerprint density at radius 2 is 1.53 bits per heavy atom. The van der Waals surface area contributed by atoms with Crippen LogP contribution in [0.3, 0.4) is 0 Å². The molecule has 0 N–H and O–H groups in total. The molecule has 0 aromatic rings. The van der Waals surface area contributed by atoms with Crippen molar-refractivity contribution in [3.63, 3.8) is 0 Å². The first-order valence-corrected chi connectivity index (χ1v) is 6.80. The maximum atomic E-state index is 12.2. The zero-order chi connectivity index (χ0) is 15.6. The van der Waals surface area contributed by atoms with Gasteiger partial charge in [0.2, 0.25) is 0 Å². The average molecular weight is 306 g/mol. The molecule has 9 heteroatoms. The standard InChI is InChI=1S/C10H17F3O5S/c1-6(2)7(8(14)17-9(3,4)5)18-19(15,16)10(11,12)13/h6-7H,1-5H3. The first-order chi connectivity index (χ1) is 8.17. The van der Waals surface area contributed by atoms with Crippen molar-refractivity contribution in [3.05, 3.63) is 0 Å². The second kappa shape index (κ2) is 5.66. The van der Waals surface area contributed by atoms with E-state index in [0.717, 1.165) is 0 Å². The van der Waals surface area contributed by atoms with Crippen molar-refractivity contribution in [2.24, 2.45) is 5.92 Å². The molecule has 0 spiro atoms. The Hall–Kier alpha value is -0.830. The Kier molecular flexibility index (Phi) is 5.41. The molecule has 0 amide bonds. The van der Waals surface area contributed by atoms with Gasteiger partial charge in [0, 0.05) is 0 Å². The van der Waals surface area contributed by atoms with Gasteiger partial charge in [-0.05, 0) is 26.7 Å². The van der Waals surface area contributed by atoms with Gasteiger partial charge in [-0.1, -0.05) is 13.8 Å². The van der Waals surface area contributed by atoms with Crippen molar-refractivity contribution in [3.8, 4) is 0 Å². The average Bonchev–Trinajstić information content (AvgIpc) is 2.08. The SMILES string of the molecule is CC(C)C(OS(=O)(=O)C(F)(F)F)C(=O)OC(C)(C)C. The molecule has 1 unspecified atom stereocenters. The fourth-order valence-corrected chi connectivity index (χ4v) is 1.66. The Labute approximate surface area is 110 Å². The molecular formula is C10H17F3O5S. The zero-order valence-electron chi connectivity index (χ0n) is 11.2. The van der Waals surface area contributed by atoms with Gasteiger partial charge >= 0.3 is 21.6 Å². The number of hydrogen-bond acceptors (Lipinski definition) is 5. The van der Waals surface area contributed by atoms with Crippen molar-refractivity contribution >= 4 is 16.1 Å². The maximum Gasteiger partial charge on any atom is 0.523 e. The number of alkyl halides is 3. The summed E-state index contributed by atoms with van der Waals surface area (Å²) in [6.45, 7) is 7.20. The van der Waals surface area contributed by atoms with Crippen LogP contribution in [0.1, 0.15) is 34.6 Å². The molecule has 0 heterocycles. The first kappa shape index (κ1) is 18.2. The van der Waals surface area contributed by atoms with Gasteiger partial charge in [0.05, 0.1) is 0 Å². The molecule has 0 fully saturated rings. The summed E-state index contributed by atoms with van der Waals surface area (Å²) >= 11 is 0. The molecule has 1 atom stereocenters. The smallest absolute Gasteiger partial charge is 0.458 e. The van der Waals surface area contributed by atoms with Crippen LogP contribution < -0.4 is 0 Å². The summed E-state index contributed by atoms with van der Waals surface area (Å²) < 4.78 is 67.1. The first-order valence-electron chi connectivity index (χ1n) is 5.40. The van der Waals surface area contributed by atoms with Crippen LogP contribution in [0.2, 0.25) is 0 Å². The second-order valence-corrected chi connectivity index (χ2v) is 6.76. The quantitative estimate of drug-likeness (QED) is 0.452. The van der Waals surface area contributed by atoms with Crippen molar-refractivity contribution < 1.29 is 35.3 Å². The highest BCUT2D eigenvalue weighted by molar-refractivity contribution is 7.87. The summed E-state index contributed by atoms with van der Waals surface area (Å²) in [5.41, 5.74) is -6.54. The second-order valence-electron chi connectivity index (χ2n) is 5.19. The summed E-state index contributed by atoms with van der Waals surface area (Å²) in [5, 5.41) is 0. The van der Waals surface area contributed by atoms with Gasteiger partial charge in [0.1, 0.15) is 5.60 Å². The summed E-state index contributed by atoms with van der Waals surface area (Å²) in [4.78, 5) is 11.6. The van der Waals surface area contributed by atoms with Crippen LogP contribution >= 0.6 is 0 Å². The van der Waals surface area contributed by atoms with Gasteiger partial charge in [-0.15, -0.1) is 0 Å². The minimum atomic E-state index is -5.84. The molecular weight excluding hydrogens is 289 g/mol. The summed E-state index contributed by atoms with van der Waals surface area (Å²) in [7, 11) is -5.84. The topological polar surface area (TPSA) is 69.7 Å². The summed E-state index contributed by atoms with van der Waals surface area (Å²) in [6, 6.07) is 0. The van der Waals surface area contributed by atoms with Crippen molar-refractivity contribution in [1.29, 1.82) is 0 Å². The Balaban J connectivity index is 5.13. The fourth-order valence-electron chi connectivity index (χ4n) is 0.973. The minimum absolute atomic E-state index is 0.799. The van der Waals surface area contributed by atoms with Crippen molar-refractivity contribution in [2.75, 3.05) is 0 Å². The lowest BCUT2D eigenvalue weighted by atomic mass is 10.1. The van der Waals surface area contributed by atoms with Gasteiger partial charge in [-0.2, -0.15) is 21.6 Å². The number of hydrogen-bond donors (Lipinski definition) is 0. The number of carbonyl (C=O) groups excluding carboxylic acids is 1. The fraction of sp³-hybridized carbons (Fsp3) is 0.900. The van der Waals surface area contributed by atoms with E-state index in [-0.39, 0.29) is 0 Å². The van der Waals surface area contributed by atoms with E-state index in [4.69, 9.17) is 4.74 Å². The third-order valence-corrected chi connectivity index (χ3v) is 2.79. The minimum Gasteiger partial charge on any atom is -0.458 e. The van der Waals surface area contributed by atoms with Crippen LogP contribution in [0.5, 0.6) is 0 Å². The van der Waals surface area contributed by atoms with Gasteiger partial charge < -0.3 is 4.74 Å². The molecule has 0 aliphatic heterocycles. The third-order valence-electron chi connectivity index (χ3n) is 1.76. The zero-order valence-corrected chi connectivity index (χ0v) is 12.1. The lowest BCUT2D eigenvalue weighted by molar-refractivity contribution is -0.166. The van der Waals surface area contributed by atoms with Crippen LogP contribution in [0.15, 0.2) is 0 Å². The highest BCUT2D eigenvalue weighted by Gasteiger charge is 2.50. The van der Waals surface area contributed by atoms with Crippen LogP contribution in [0.4, 0.5) is 13.2 Å². The van der Waals surface area contributed by atoms with Crippen molar-refractivity contribution in [2.45, 2.75) is 51.8 Å². The van der Waals surface area contributed by atoms with E-state index >= 15 is 0 Å². The third kappa shape index (κ3) is 5.77. The van der Waals surface area contributed by atoms with E-state index in [9.17, 15) is 26.4 Å². The van der Waals surface area contributed by atoms with Crippen LogP contribution in [0.25, 0.3) is 0 Å². The van der Waals surface area contributed by atoms with Gasteiger partial charge in [0.15, 0.2) is 6.10 Å². The van der Waals surface area contributed by atoms with E-state index in [1.165, 1.54) is 34.6 Å². The lowest BCUT2D eigenvalue weighted by Crippen LogP contribution is -2.40. The Bertz CT molecular complexity index is 419. The van der Waals surface area contributed by atoms with E-state index in [2.05, 4.69) is 4.18 Å². The number of carbonyl (C=O) groups is 1. The van der Waals surface area contributed by atoms with Crippen molar-refractivity contribution in [1.82, 2.24) is 0 Å². The number of rotatable bonds is 4. The normalized spacial score (nSPS) is 15.4. The Morgan fingerprint density at radius 1 is 1.11 bits per heavy atom. The monoisotopic (exact) mass is 306 g/mol. The number of halogens is 3. The molecule has 19 heavy (non-hydrogen) atoms. The number of ether oxygens (including phenoxy) is 1. The molecule has 114 valence electrons. The molecule has 0 aromatic carbocycles. The molecule has 0 aliphatic rings. The number of esters is 1. The predicted molar refractivity (Wildman–Crippen MR) is 60.5 cm³/mol. The largest absolute Gasteiger partial charge is 0.523 e. The molecule has 0 bridgehead atoms. The molecule has 0 radical (unpaired) electrons. The van der Waals surface area contributed by atoms with E-state index in [1.54, 1.807) is 0 Å². The van der Waals surface area contributed by atoms with Crippen LogP contribution in [-0.2, 0) is 23.8 Å². The summed E-state index contributed by atoms with van der Waals surface area (Å²) in [6.07, 6.45) is -1.84. The summed E-state index contributed by atoms with van der Waals surface area (Å²) in [5.74, 6) is -1.96. The molecule has 0 rings (SSSR count). The molecule has 5 nitrogen and oxygen atoms in total. The maximum absolute atomic E-state index is 12.2. The van der Waals surface area contributed by atoms with Crippen LogP contribution in [0, 0.1) is 5.92 Å². The molecule has 0 aliphatic carbocycles. The molecule has 0 saturated carbocycles. The van der Waals surface area contributed by atoms with E-state index < -0.39 is 39.2 Å². The highest BCUT2D eigenvalue weighted by atomic mass is 32.2. The highest BCUT2D eigenvalue weighted by Crippen LogP contribution is 2.28. The van der Waals surface area contributed by atoms with E-state index in [0.29, 0.717) is 0 Å². The lowest BCUT2D eigenvalue weighted by Gasteiger charge is -2.25. The van der Waals surface area contributed by atoms with E-state index in [1.807, 2.05) is 0 Å². The van der Waals surface area contributed by atoms with Gasteiger partial charge in [-0.3, -0.25) is 0 Å². The predicted octanol–water partition coefficient (Wildman–Crippen LogP) is 2.22. The van der Waals surface area contributed by atoms with Gasteiger partial charge in [-0.25, -0.2) is 8.98 Å². The van der Waals surface area contributed by atoms with Crippen LogP contribution in [-0.4, -0.2) is 31.6 Å². The Morgan fingerprint density at radius 3 is 1.79 bits per heavy atom. The molecule has 0 aromatic heterocycles. The molecule has 0 saturated heterocycles.